The molecule has 0 aliphatic carbocycles. The third-order valence-electron chi connectivity index (χ3n) is 3.44. The number of amides is 2. The average Bonchev–Trinajstić information content (AvgIpc) is 2.66. The van der Waals surface area contributed by atoms with Crippen molar-refractivity contribution < 1.29 is 19.0 Å². The Morgan fingerprint density at radius 2 is 1.96 bits per heavy atom. The summed E-state index contributed by atoms with van der Waals surface area (Å²) in [4.78, 5) is 26.3. The molecule has 0 saturated carbocycles. The molecule has 0 spiro atoms. The van der Waals surface area contributed by atoms with E-state index in [9.17, 15) is 4.79 Å². The van der Waals surface area contributed by atoms with E-state index in [1.165, 1.54) is 7.11 Å². The molecule has 1 aromatic heterocycles. The molecule has 2 N–H and O–H groups in total. The van der Waals surface area contributed by atoms with Crippen LogP contribution in [0.25, 0.3) is 0 Å². The number of nitrogens with zero attached hydrogens (tertiary/aromatic N) is 4. The van der Waals surface area contributed by atoms with Gasteiger partial charge in [0.1, 0.15) is 13.2 Å². The van der Waals surface area contributed by atoms with Gasteiger partial charge in [0, 0.05) is 25.8 Å². The molecule has 138 valence electrons. The lowest BCUT2D eigenvalue weighted by molar-refractivity contribution is 0.171. The van der Waals surface area contributed by atoms with Crippen LogP contribution in [0.3, 0.4) is 0 Å². The number of hydrogen-bond acceptors (Lipinski definition) is 8. The van der Waals surface area contributed by atoms with E-state index < -0.39 is 6.03 Å². The Morgan fingerprint density at radius 1 is 1.19 bits per heavy atom. The van der Waals surface area contributed by atoms with Crippen molar-refractivity contribution in [3.8, 4) is 17.5 Å². The number of fused-ring (bicyclic) bond motifs is 1. The smallest absolute Gasteiger partial charge is 0.321 e. The van der Waals surface area contributed by atoms with Crippen LogP contribution in [0.4, 0.5) is 16.4 Å². The fraction of sp³-hybridized carbons (Fsp3) is 0.375. The number of ether oxygens (including phenoxy) is 3. The number of benzene rings is 1. The number of carbonyl (C=O) groups excluding carboxylic acids is 1. The summed E-state index contributed by atoms with van der Waals surface area (Å²) in [6.07, 6.45) is 0. The van der Waals surface area contributed by atoms with Crippen molar-refractivity contribution in [3.05, 3.63) is 24.0 Å². The zero-order valence-electron chi connectivity index (χ0n) is 14.8. The first-order valence-corrected chi connectivity index (χ1v) is 7.96. The highest BCUT2D eigenvalue weighted by atomic mass is 16.6. The first-order chi connectivity index (χ1) is 12.5. The third-order valence-corrected chi connectivity index (χ3v) is 3.44. The Balaban J connectivity index is 1.61. The van der Waals surface area contributed by atoms with Gasteiger partial charge in [-0.2, -0.15) is 15.0 Å². The van der Waals surface area contributed by atoms with Crippen molar-refractivity contribution in [2.24, 2.45) is 0 Å². The van der Waals surface area contributed by atoms with Gasteiger partial charge in [-0.15, -0.1) is 0 Å². The van der Waals surface area contributed by atoms with Crippen LogP contribution in [0.1, 0.15) is 5.82 Å². The van der Waals surface area contributed by atoms with E-state index >= 15 is 0 Å². The standard InChI is InChI=1S/C16H20N6O4/c1-22(2)14-19-13(20-16(21-14)24-3)9-17-15(23)18-10-4-5-11-12(8-10)26-7-6-25-11/h4-5,8H,6-7,9H2,1-3H3,(H2,17,18,23). The first kappa shape index (κ1) is 17.5. The second-order valence-electron chi connectivity index (χ2n) is 5.60. The minimum atomic E-state index is -0.396. The maximum absolute atomic E-state index is 12.1. The molecule has 26 heavy (non-hydrogen) atoms. The van der Waals surface area contributed by atoms with Gasteiger partial charge < -0.3 is 29.7 Å². The molecule has 2 amide bonds. The lowest BCUT2D eigenvalue weighted by atomic mass is 10.2. The Labute approximate surface area is 150 Å². The van der Waals surface area contributed by atoms with Crippen LogP contribution >= 0.6 is 0 Å². The van der Waals surface area contributed by atoms with Crippen LogP contribution < -0.4 is 29.7 Å². The van der Waals surface area contributed by atoms with Crippen molar-refractivity contribution in [2.75, 3.05) is 44.6 Å². The number of nitrogens with one attached hydrogen (secondary N) is 2. The predicted octanol–water partition coefficient (Wildman–Crippen LogP) is 1.04. The number of carbonyl (C=O) groups is 1. The van der Waals surface area contributed by atoms with E-state index in [-0.39, 0.29) is 12.6 Å². The lowest BCUT2D eigenvalue weighted by Crippen LogP contribution is -2.29. The topological polar surface area (TPSA) is 111 Å². The molecule has 0 bridgehead atoms. The predicted molar refractivity (Wildman–Crippen MR) is 94.0 cm³/mol. The van der Waals surface area contributed by atoms with Crippen LogP contribution in [-0.4, -0.2) is 55.4 Å². The number of aromatic nitrogens is 3. The summed E-state index contributed by atoms with van der Waals surface area (Å²) < 4.78 is 16.0. The molecule has 1 aliphatic rings. The lowest BCUT2D eigenvalue weighted by Gasteiger charge is -2.19. The number of urea groups is 1. The van der Waals surface area contributed by atoms with Crippen LogP contribution in [0.2, 0.25) is 0 Å². The van der Waals surface area contributed by atoms with Crippen LogP contribution in [0.15, 0.2) is 18.2 Å². The summed E-state index contributed by atoms with van der Waals surface area (Å²) in [6.45, 7) is 1.12. The van der Waals surface area contributed by atoms with E-state index in [1.807, 2.05) is 0 Å². The summed E-state index contributed by atoms with van der Waals surface area (Å²) in [7, 11) is 5.09. The largest absolute Gasteiger partial charge is 0.486 e. The summed E-state index contributed by atoms with van der Waals surface area (Å²) in [5.74, 6) is 2.10. The maximum atomic E-state index is 12.1. The SMILES string of the molecule is COc1nc(CNC(=O)Nc2ccc3c(c2)OCCO3)nc(N(C)C)n1. The van der Waals surface area contributed by atoms with Gasteiger partial charge in [0.15, 0.2) is 17.3 Å². The quantitative estimate of drug-likeness (QED) is 0.814. The minimum Gasteiger partial charge on any atom is -0.486 e. The molecule has 2 aromatic rings. The maximum Gasteiger partial charge on any atom is 0.321 e. The monoisotopic (exact) mass is 360 g/mol. The summed E-state index contributed by atoms with van der Waals surface area (Å²) in [5.41, 5.74) is 0.592. The molecule has 2 heterocycles. The molecule has 0 radical (unpaired) electrons. The molecule has 0 fully saturated rings. The van der Waals surface area contributed by atoms with Crippen LogP contribution in [0, 0.1) is 0 Å². The molecule has 0 saturated heterocycles. The number of anilines is 2. The molecule has 0 unspecified atom stereocenters. The van der Waals surface area contributed by atoms with Gasteiger partial charge >= 0.3 is 12.0 Å². The molecule has 10 nitrogen and oxygen atoms in total. The van der Waals surface area contributed by atoms with E-state index in [4.69, 9.17) is 14.2 Å². The van der Waals surface area contributed by atoms with Crippen molar-refractivity contribution in [1.82, 2.24) is 20.3 Å². The summed E-state index contributed by atoms with van der Waals surface area (Å²) in [5, 5.41) is 5.43. The Bertz CT molecular complexity index is 798. The Kier molecular flexibility index (Phi) is 5.20. The van der Waals surface area contributed by atoms with Crippen molar-refractivity contribution in [1.29, 1.82) is 0 Å². The minimum absolute atomic E-state index is 0.121. The molecule has 0 atom stereocenters. The summed E-state index contributed by atoms with van der Waals surface area (Å²) in [6, 6.07) is 5.00. The van der Waals surface area contributed by atoms with Gasteiger partial charge in [0.2, 0.25) is 5.95 Å². The fourth-order valence-corrected chi connectivity index (χ4v) is 2.21. The van der Waals surface area contributed by atoms with Gasteiger partial charge in [-0.25, -0.2) is 4.79 Å². The van der Waals surface area contributed by atoms with Crippen molar-refractivity contribution in [3.63, 3.8) is 0 Å². The fourth-order valence-electron chi connectivity index (χ4n) is 2.21. The Morgan fingerprint density at radius 3 is 2.69 bits per heavy atom. The van der Waals surface area contributed by atoms with E-state index in [0.717, 1.165) is 0 Å². The molecule has 3 rings (SSSR count). The molecule has 1 aliphatic heterocycles. The highest BCUT2D eigenvalue weighted by Crippen LogP contribution is 2.32. The average molecular weight is 360 g/mol. The van der Waals surface area contributed by atoms with Crippen LogP contribution in [0.5, 0.6) is 17.5 Å². The highest BCUT2D eigenvalue weighted by Gasteiger charge is 2.13. The van der Waals surface area contributed by atoms with Gasteiger partial charge in [-0.05, 0) is 12.1 Å². The second-order valence-corrected chi connectivity index (χ2v) is 5.60. The van der Waals surface area contributed by atoms with Gasteiger partial charge in [-0.3, -0.25) is 0 Å². The van der Waals surface area contributed by atoms with Gasteiger partial charge in [0.05, 0.1) is 13.7 Å². The normalized spacial score (nSPS) is 12.3. The number of methoxy groups -OCH3 is 1. The van der Waals surface area contributed by atoms with Crippen molar-refractivity contribution >= 4 is 17.7 Å². The number of rotatable bonds is 5. The van der Waals surface area contributed by atoms with Gasteiger partial charge in [0.25, 0.3) is 0 Å². The van der Waals surface area contributed by atoms with Crippen LogP contribution in [-0.2, 0) is 6.54 Å². The highest BCUT2D eigenvalue weighted by molar-refractivity contribution is 5.89. The zero-order chi connectivity index (χ0) is 18.5. The second kappa shape index (κ2) is 7.72. The first-order valence-electron chi connectivity index (χ1n) is 7.96. The van der Waals surface area contributed by atoms with E-state index in [1.54, 1.807) is 37.2 Å². The summed E-state index contributed by atoms with van der Waals surface area (Å²) >= 11 is 0. The molecular formula is C16H20N6O4. The van der Waals surface area contributed by atoms with Crippen molar-refractivity contribution in [2.45, 2.75) is 6.54 Å². The number of hydrogen-bond donors (Lipinski definition) is 2. The third kappa shape index (κ3) is 4.21. The van der Waals surface area contributed by atoms with E-state index in [0.29, 0.717) is 42.2 Å². The molecular weight excluding hydrogens is 340 g/mol. The van der Waals surface area contributed by atoms with Gasteiger partial charge in [-0.1, -0.05) is 0 Å². The molecule has 1 aromatic carbocycles. The van der Waals surface area contributed by atoms with E-state index in [2.05, 4.69) is 25.6 Å². The molecule has 10 heteroatoms. The zero-order valence-corrected chi connectivity index (χ0v) is 14.8. The Hall–Kier alpha value is -3.30.